The number of hydrogen-bond donors (Lipinski definition) is 0. The van der Waals surface area contributed by atoms with Crippen LogP contribution in [-0.4, -0.2) is 55.6 Å². The van der Waals surface area contributed by atoms with Gasteiger partial charge in [0, 0.05) is 16.7 Å². The van der Waals surface area contributed by atoms with Crippen LogP contribution >= 0.6 is 0 Å². The Morgan fingerprint density at radius 2 is 0.727 bits per heavy atom. The van der Waals surface area contributed by atoms with E-state index < -0.39 is 89.0 Å². The van der Waals surface area contributed by atoms with Gasteiger partial charge in [-0.25, -0.2) is 14.4 Å². The molecule has 0 aliphatic carbocycles. The van der Waals surface area contributed by atoms with Crippen molar-refractivity contribution in [2.75, 3.05) is 19.8 Å². The number of carboxylic acid groups (broad SMARTS) is 3. The molecule has 0 radical (unpaired) electrons. The lowest BCUT2D eigenvalue weighted by Gasteiger charge is -2.25. The first-order valence-corrected chi connectivity index (χ1v) is 8.77. The zero-order valence-electron chi connectivity index (χ0n) is 16.9. The smallest absolute Gasteiger partial charge is 0.340 e. The van der Waals surface area contributed by atoms with E-state index in [1.54, 1.807) is 0 Å². The van der Waals surface area contributed by atoms with Crippen LogP contribution in [0.2, 0.25) is 0 Å². The van der Waals surface area contributed by atoms with Crippen molar-refractivity contribution < 1.29 is 58.3 Å². The van der Waals surface area contributed by atoms with Gasteiger partial charge in [0.1, 0.15) is 19.8 Å². The van der Waals surface area contributed by atoms with E-state index in [2.05, 4.69) is 19.7 Å². The zero-order chi connectivity index (χ0) is 25.3. The lowest BCUT2D eigenvalue weighted by molar-refractivity contribution is -0.261. The highest BCUT2D eigenvalue weighted by Gasteiger charge is 2.37. The second-order valence-corrected chi connectivity index (χ2v) is 5.77. The molecule has 0 aromatic heterocycles. The first-order valence-electron chi connectivity index (χ1n) is 8.77. The lowest BCUT2D eigenvalue weighted by Crippen LogP contribution is -2.39. The number of benzene rings is 1. The molecular weight excluding hydrogens is 444 g/mol. The first-order chi connectivity index (χ1) is 15.5. The summed E-state index contributed by atoms with van der Waals surface area (Å²) < 4.78 is 14.1. The van der Waals surface area contributed by atoms with Crippen molar-refractivity contribution >= 4 is 35.8 Å². The van der Waals surface area contributed by atoms with Crippen molar-refractivity contribution in [3.05, 3.63) is 71.3 Å². The van der Waals surface area contributed by atoms with Crippen LogP contribution in [-0.2, 0) is 14.2 Å². The average molecular weight is 459 g/mol. The second kappa shape index (κ2) is 11.6. The van der Waals surface area contributed by atoms with Crippen LogP contribution in [0.3, 0.4) is 0 Å². The van der Waals surface area contributed by atoms with Gasteiger partial charge in [0.05, 0.1) is 34.6 Å². The fourth-order valence-electron chi connectivity index (χ4n) is 2.60. The van der Waals surface area contributed by atoms with Gasteiger partial charge in [-0.2, -0.15) is 0 Å². The SMILES string of the molecule is C=CCOC(=O)c1c(C(=O)[O-])c(C(=O)[O-])c(C(=O)[O-])c(C(=O)OCC=C)c1C(=O)OCC=C. The summed E-state index contributed by atoms with van der Waals surface area (Å²) in [6.45, 7) is 8.16. The predicted molar refractivity (Wildman–Crippen MR) is 101 cm³/mol. The number of ether oxygens (including phenoxy) is 3. The Hall–Kier alpha value is -4.74. The molecular formula is C21H15O12-3. The minimum atomic E-state index is -2.45. The Bertz CT molecular complexity index is 1000. The van der Waals surface area contributed by atoms with Gasteiger partial charge in [0.25, 0.3) is 0 Å². The molecule has 0 spiro atoms. The Morgan fingerprint density at radius 3 is 0.939 bits per heavy atom. The fraction of sp³-hybridized carbons (Fsp3) is 0.143. The third kappa shape index (κ3) is 5.70. The topological polar surface area (TPSA) is 199 Å². The van der Waals surface area contributed by atoms with Crippen LogP contribution in [0.4, 0.5) is 0 Å². The van der Waals surface area contributed by atoms with E-state index >= 15 is 0 Å². The van der Waals surface area contributed by atoms with Crippen molar-refractivity contribution in [2.24, 2.45) is 0 Å². The molecule has 12 nitrogen and oxygen atoms in total. The minimum absolute atomic E-state index is 0.537. The molecule has 1 rings (SSSR count). The molecule has 0 fully saturated rings. The summed E-state index contributed by atoms with van der Waals surface area (Å²) >= 11 is 0. The molecule has 12 heteroatoms. The highest BCUT2D eigenvalue weighted by atomic mass is 16.5. The maximum absolute atomic E-state index is 12.7. The largest absolute Gasteiger partial charge is 0.545 e. The van der Waals surface area contributed by atoms with Gasteiger partial charge in [-0.15, -0.1) is 0 Å². The van der Waals surface area contributed by atoms with E-state index in [4.69, 9.17) is 14.2 Å². The van der Waals surface area contributed by atoms with Gasteiger partial charge in [-0.05, 0) is 0 Å². The summed E-state index contributed by atoms with van der Waals surface area (Å²) in [5.74, 6) is -12.2. The van der Waals surface area contributed by atoms with Crippen molar-refractivity contribution in [3.8, 4) is 0 Å². The highest BCUT2D eigenvalue weighted by molar-refractivity contribution is 6.22. The van der Waals surface area contributed by atoms with Crippen LogP contribution in [0.25, 0.3) is 0 Å². The van der Waals surface area contributed by atoms with Gasteiger partial charge in [0.2, 0.25) is 0 Å². The van der Waals surface area contributed by atoms with Crippen molar-refractivity contribution in [1.82, 2.24) is 0 Å². The maximum atomic E-state index is 12.7. The quantitative estimate of drug-likeness (QED) is 0.186. The van der Waals surface area contributed by atoms with E-state index in [0.29, 0.717) is 0 Å². The predicted octanol–water partition coefficient (Wildman–Crippen LogP) is -2.19. The summed E-state index contributed by atoms with van der Waals surface area (Å²) in [5.41, 5.74) is -8.89. The molecule has 0 atom stereocenters. The molecule has 0 aliphatic heterocycles. The maximum Gasteiger partial charge on any atom is 0.340 e. The normalized spacial score (nSPS) is 9.82. The molecule has 0 saturated heterocycles. The van der Waals surface area contributed by atoms with E-state index in [-0.39, 0.29) is 0 Å². The summed E-state index contributed by atoms with van der Waals surface area (Å²) in [5, 5.41) is 35.3. The molecule has 33 heavy (non-hydrogen) atoms. The van der Waals surface area contributed by atoms with Crippen molar-refractivity contribution in [2.45, 2.75) is 0 Å². The van der Waals surface area contributed by atoms with Crippen LogP contribution in [0.15, 0.2) is 38.0 Å². The summed E-state index contributed by atoms with van der Waals surface area (Å²) in [6.07, 6.45) is 3.14. The third-order valence-corrected chi connectivity index (χ3v) is 3.72. The van der Waals surface area contributed by atoms with Gasteiger partial charge in [-0.3, -0.25) is 0 Å². The Morgan fingerprint density at radius 1 is 0.515 bits per heavy atom. The van der Waals surface area contributed by atoms with Gasteiger partial charge in [-0.1, -0.05) is 38.0 Å². The van der Waals surface area contributed by atoms with E-state index in [0.717, 1.165) is 18.2 Å². The standard InChI is InChI=1S/C21H18O12/c1-4-7-31-19(28)13-11(17(24)25)10(16(22)23)12(18(26)27)14(20(29)32-8-5-2)15(13)21(30)33-9-6-3/h4-6H,1-3,7-9H2,(H,22,23)(H,24,25)(H,26,27)/p-3. The lowest BCUT2D eigenvalue weighted by atomic mass is 9.85. The Balaban J connectivity index is 4.39. The molecule has 0 aliphatic rings. The molecule has 0 heterocycles. The van der Waals surface area contributed by atoms with Gasteiger partial charge >= 0.3 is 17.9 Å². The van der Waals surface area contributed by atoms with Crippen LogP contribution in [0, 0.1) is 0 Å². The molecule has 0 amide bonds. The minimum Gasteiger partial charge on any atom is -0.545 e. The Labute approximate surface area is 186 Å². The number of rotatable bonds is 12. The number of esters is 3. The van der Waals surface area contributed by atoms with E-state index in [9.17, 15) is 44.1 Å². The number of carboxylic acids is 3. The summed E-state index contributed by atoms with van der Waals surface area (Å²) in [4.78, 5) is 73.3. The molecule has 0 unspecified atom stereocenters. The van der Waals surface area contributed by atoms with E-state index in [1.807, 2.05) is 0 Å². The molecule has 0 bridgehead atoms. The monoisotopic (exact) mass is 459 g/mol. The van der Waals surface area contributed by atoms with Crippen LogP contribution < -0.4 is 15.3 Å². The molecule has 1 aromatic carbocycles. The van der Waals surface area contributed by atoms with Crippen molar-refractivity contribution in [1.29, 1.82) is 0 Å². The number of aromatic carboxylic acids is 3. The van der Waals surface area contributed by atoms with Crippen LogP contribution in [0.5, 0.6) is 0 Å². The van der Waals surface area contributed by atoms with E-state index in [1.165, 1.54) is 0 Å². The Kier molecular flexibility index (Phi) is 9.24. The second-order valence-electron chi connectivity index (χ2n) is 5.77. The first kappa shape index (κ1) is 26.3. The van der Waals surface area contributed by atoms with Gasteiger partial charge in [0.15, 0.2) is 0 Å². The molecule has 0 saturated carbocycles. The average Bonchev–Trinajstić information content (AvgIpc) is 2.76. The van der Waals surface area contributed by atoms with Crippen LogP contribution in [0.1, 0.15) is 62.1 Å². The number of carbonyl (C=O) groups excluding carboxylic acids is 6. The summed E-state index contributed by atoms with van der Waals surface area (Å²) in [6, 6.07) is 0. The zero-order valence-corrected chi connectivity index (χ0v) is 16.9. The third-order valence-electron chi connectivity index (χ3n) is 3.72. The fourth-order valence-corrected chi connectivity index (χ4v) is 2.60. The highest BCUT2D eigenvalue weighted by Crippen LogP contribution is 2.31. The number of hydrogen-bond acceptors (Lipinski definition) is 12. The molecule has 174 valence electrons. The summed E-state index contributed by atoms with van der Waals surface area (Å²) in [7, 11) is 0. The van der Waals surface area contributed by atoms with Crippen molar-refractivity contribution in [3.63, 3.8) is 0 Å². The number of carbonyl (C=O) groups is 6. The van der Waals surface area contributed by atoms with Gasteiger partial charge < -0.3 is 43.9 Å². The molecule has 0 N–H and O–H groups in total. The molecule has 1 aromatic rings.